The van der Waals surface area contributed by atoms with Crippen LogP contribution in [-0.2, 0) is 16.0 Å². The van der Waals surface area contributed by atoms with Gasteiger partial charge in [0.05, 0.1) is 13.0 Å². The van der Waals surface area contributed by atoms with Crippen molar-refractivity contribution in [3.63, 3.8) is 0 Å². The first-order valence-electron chi connectivity index (χ1n) is 4.76. The quantitative estimate of drug-likeness (QED) is 0.706. The molecule has 1 aliphatic rings. The van der Waals surface area contributed by atoms with Crippen molar-refractivity contribution in [1.82, 2.24) is 0 Å². The first kappa shape index (κ1) is 10.1. The maximum Gasteiger partial charge on any atom is 0.310 e. The third-order valence-corrected chi connectivity index (χ3v) is 2.85. The summed E-state index contributed by atoms with van der Waals surface area (Å²) in [6.07, 6.45) is 0.459. The topological polar surface area (TPSA) is 52.3 Å². The van der Waals surface area contributed by atoms with Gasteiger partial charge in [-0.3, -0.25) is 4.79 Å². The highest BCUT2D eigenvalue weighted by molar-refractivity contribution is 5.75. The number of methoxy groups -OCH3 is 1. The molecule has 0 amide bonds. The summed E-state index contributed by atoms with van der Waals surface area (Å²) < 4.78 is 18.1. The van der Waals surface area contributed by atoms with Crippen molar-refractivity contribution < 1.29 is 13.9 Å². The molecule has 0 aliphatic heterocycles. The molecule has 2 rings (SSSR count). The van der Waals surface area contributed by atoms with Crippen molar-refractivity contribution >= 4 is 5.97 Å². The molecule has 0 fully saturated rings. The van der Waals surface area contributed by atoms with Gasteiger partial charge in [-0.05, 0) is 18.1 Å². The first-order valence-corrected chi connectivity index (χ1v) is 4.76. The first-order chi connectivity index (χ1) is 7.15. The van der Waals surface area contributed by atoms with E-state index in [1.807, 2.05) is 0 Å². The van der Waals surface area contributed by atoms with Gasteiger partial charge in [0, 0.05) is 11.6 Å². The van der Waals surface area contributed by atoms with Gasteiger partial charge in [0.1, 0.15) is 5.82 Å². The van der Waals surface area contributed by atoms with E-state index in [1.54, 1.807) is 12.1 Å². The van der Waals surface area contributed by atoms with E-state index < -0.39 is 12.0 Å². The summed E-state index contributed by atoms with van der Waals surface area (Å²) in [5.41, 5.74) is 7.08. The molecule has 2 atom stereocenters. The minimum Gasteiger partial charge on any atom is -0.469 e. The van der Waals surface area contributed by atoms with E-state index in [0.717, 1.165) is 5.56 Å². The number of benzene rings is 1. The number of carbonyl (C=O) groups excluding carboxylic acids is 1. The number of ether oxygens (including phenoxy) is 1. The molecule has 0 saturated carbocycles. The van der Waals surface area contributed by atoms with Crippen LogP contribution in [0, 0.1) is 11.7 Å². The van der Waals surface area contributed by atoms with Crippen LogP contribution in [-0.4, -0.2) is 13.1 Å². The van der Waals surface area contributed by atoms with Crippen LogP contribution in [0.15, 0.2) is 18.2 Å². The van der Waals surface area contributed by atoms with Crippen molar-refractivity contribution in [2.45, 2.75) is 12.5 Å². The maximum atomic E-state index is 13.4. The predicted molar refractivity (Wildman–Crippen MR) is 52.5 cm³/mol. The average molecular weight is 209 g/mol. The summed E-state index contributed by atoms with van der Waals surface area (Å²) >= 11 is 0. The highest BCUT2D eigenvalue weighted by Crippen LogP contribution is 2.36. The van der Waals surface area contributed by atoms with Gasteiger partial charge in [-0.15, -0.1) is 0 Å². The number of fused-ring (bicyclic) bond motifs is 1. The van der Waals surface area contributed by atoms with E-state index in [2.05, 4.69) is 4.74 Å². The predicted octanol–water partition coefficient (Wildman–Crippen LogP) is 1.17. The molecule has 3 nitrogen and oxygen atoms in total. The summed E-state index contributed by atoms with van der Waals surface area (Å²) in [6, 6.07) is 4.19. The molecular formula is C11H12FNO2. The minimum atomic E-state index is -0.589. The van der Waals surface area contributed by atoms with Crippen molar-refractivity contribution in [3.05, 3.63) is 35.1 Å². The molecular weight excluding hydrogens is 197 g/mol. The van der Waals surface area contributed by atoms with Crippen LogP contribution in [0.1, 0.15) is 17.2 Å². The van der Waals surface area contributed by atoms with Crippen molar-refractivity contribution in [1.29, 1.82) is 0 Å². The molecule has 1 aromatic carbocycles. The zero-order valence-corrected chi connectivity index (χ0v) is 8.37. The van der Waals surface area contributed by atoms with Crippen LogP contribution in [0.3, 0.4) is 0 Å². The fourth-order valence-electron chi connectivity index (χ4n) is 2.08. The van der Waals surface area contributed by atoms with Gasteiger partial charge in [0.25, 0.3) is 0 Å². The summed E-state index contributed by atoms with van der Waals surface area (Å²) in [4.78, 5) is 11.4. The lowest BCUT2D eigenvalue weighted by Gasteiger charge is -2.13. The van der Waals surface area contributed by atoms with Gasteiger partial charge in [-0.25, -0.2) is 4.39 Å². The van der Waals surface area contributed by atoms with Gasteiger partial charge >= 0.3 is 5.97 Å². The summed E-state index contributed by atoms with van der Waals surface area (Å²) in [5, 5.41) is 0. The highest BCUT2D eigenvalue weighted by atomic mass is 19.1. The summed E-state index contributed by atoms with van der Waals surface area (Å²) in [5.74, 6) is -1.17. The monoisotopic (exact) mass is 209 g/mol. The third-order valence-electron chi connectivity index (χ3n) is 2.85. The minimum absolute atomic E-state index is 0.341. The Morgan fingerprint density at radius 1 is 1.60 bits per heavy atom. The Bertz CT molecular complexity index is 406. The smallest absolute Gasteiger partial charge is 0.310 e. The number of rotatable bonds is 1. The van der Waals surface area contributed by atoms with Gasteiger partial charge in [-0.1, -0.05) is 12.1 Å². The number of esters is 1. The second-order valence-corrected chi connectivity index (χ2v) is 3.67. The Hall–Kier alpha value is -1.42. The van der Waals surface area contributed by atoms with Gasteiger partial charge in [0.2, 0.25) is 0 Å². The standard InChI is InChI=1S/C11H12FNO2/c1-15-11(14)7-5-6-3-2-4-8(12)9(6)10(7)13/h2-4,7,10H,5,13H2,1H3/t7-,10+/m1/s1. The second kappa shape index (κ2) is 3.62. The van der Waals surface area contributed by atoms with Gasteiger partial charge in [0.15, 0.2) is 0 Å². The molecule has 15 heavy (non-hydrogen) atoms. The van der Waals surface area contributed by atoms with Crippen molar-refractivity contribution in [3.8, 4) is 0 Å². The van der Waals surface area contributed by atoms with Gasteiger partial charge in [-0.2, -0.15) is 0 Å². The Labute approximate surface area is 87.0 Å². The zero-order valence-electron chi connectivity index (χ0n) is 8.37. The van der Waals surface area contributed by atoms with Crippen LogP contribution in [0.25, 0.3) is 0 Å². The molecule has 0 saturated heterocycles. The molecule has 0 bridgehead atoms. The Morgan fingerprint density at radius 3 is 2.93 bits per heavy atom. The Kier molecular flexibility index (Phi) is 2.44. The number of carbonyl (C=O) groups is 1. The molecule has 1 aliphatic carbocycles. The van der Waals surface area contributed by atoms with E-state index in [1.165, 1.54) is 13.2 Å². The average Bonchev–Trinajstić information content (AvgIpc) is 2.56. The molecule has 0 spiro atoms. The van der Waals surface area contributed by atoms with Crippen LogP contribution in [0.5, 0.6) is 0 Å². The van der Waals surface area contributed by atoms with E-state index in [0.29, 0.717) is 12.0 Å². The number of halogens is 1. The van der Waals surface area contributed by atoms with Crippen molar-refractivity contribution in [2.24, 2.45) is 11.7 Å². The Morgan fingerprint density at radius 2 is 2.33 bits per heavy atom. The van der Waals surface area contributed by atoms with Crippen LogP contribution in [0.2, 0.25) is 0 Å². The molecule has 4 heteroatoms. The zero-order chi connectivity index (χ0) is 11.0. The summed E-state index contributed by atoms with van der Waals surface area (Å²) in [6.45, 7) is 0. The molecule has 80 valence electrons. The number of hydrogen-bond donors (Lipinski definition) is 1. The van der Waals surface area contributed by atoms with Gasteiger partial charge < -0.3 is 10.5 Å². The van der Waals surface area contributed by atoms with Crippen LogP contribution in [0.4, 0.5) is 4.39 Å². The maximum absolute atomic E-state index is 13.4. The lowest BCUT2D eigenvalue weighted by molar-refractivity contribution is -0.145. The van der Waals surface area contributed by atoms with Crippen LogP contribution < -0.4 is 5.73 Å². The molecule has 2 N–H and O–H groups in total. The number of nitrogens with two attached hydrogens (primary N) is 1. The van der Waals surface area contributed by atoms with E-state index in [-0.39, 0.29) is 11.8 Å². The fraction of sp³-hybridized carbons (Fsp3) is 0.364. The lowest BCUT2D eigenvalue weighted by Crippen LogP contribution is -2.26. The number of hydrogen-bond acceptors (Lipinski definition) is 3. The molecule has 1 aromatic rings. The molecule has 0 radical (unpaired) electrons. The third kappa shape index (κ3) is 1.51. The molecule has 0 aromatic heterocycles. The lowest BCUT2D eigenvalue weighted by atomic mass is 10.0. The molecule has 0 heterocycles. The van der Waals surface area contributed by atoms with E-state index >= 15 is 0 Å². The fourth-order valence-corrected chi connectivity index (χ4v) is 2.08. The molecule has 0 unspecified atom stereocenters. The van der Waals surface area contributed by atoms with E-state index in [9.17, 15) is 9.18 Å². The second-order valence-electron chi connectivity index (χ2n) is 3.67. The normalized spacial score (nSPS) is 23.7. The van der Waals surface area contributed by atoms with E-state index in [4.69, 9.17) is 5.73 Å². The van der Waals surface area contributed by atoms with Crippen molar-refractivity contribution in [2.75, 3.05) is 7.11 Å². The largest absolute Gasteiger partial charge is 0.469 e. The Balaban J connectivity index is 2.37. The highest BCUT2D eigenvalue weighted by Gasteiger charge is 2.37. The van der Waals surface area contributed by atoms with Crippen LogP contribution >= 0.6 is 0 Å². The summed E-state index contributed by atoms with van der Waals surface area (Å²) in [7, 11) is 1.31. The SMILES string of the molecule is COC(=O)[C@@H]1Cc2cccc(F)c2[C@H]1N.